The maximum absolute atomic E-state index is 6.32. The van der Waals surface area contributed by atoms with Crippen molar-refractivity contribution in [2.45, 2.75) is 82.2 Å². The molecule has 1 aromatic heterocycles. The minimum absolute atomic E-state index is 0.300. The number of hydrogen-bond acceptors (Lipinski definition) is 3. The molecule has 1 aliphatic heterocycles. The number of nitrogens with two attached hydrogens (primary N) is 1. The van der Waals surface area contributed by atoms with Crippen LogP contribution < -0.4 is 5.73 Å². The van der Waals surface area contributed by atoms with Crippen LogP contribution in [-0.2, 0) is 6.42 Å². The van der Waals surface area contributed by atoms with Crippen molar-refractivity contribution in [1.29, 1.82) is 0 Å². The van der Waals surface area contributed by atoms with Crippen molar-refractivity contribution in [3.63, 3.8) is 0 Å². The van der Waals surface area contributed by atoms with Crippen LogP contribution in [0.25, 0.3) is 10.9 Å². The van der Waals surface area contributed by atoms with E-state index in [0.717, 1.165) is 29.6 Å². The van der Waals surface area contributed by atoms with E-state index in [2.05, 4.69) is 47.5 Å². The molecule has 33 heavy (non-hydrogen) atoms. The first-order valence-corrected chi connectivity index (χ1v) is 15.1. The summed E-state index contributed by atoms with van der Waals surface area (Å²) in [5, 5.41) is 1.53. The Balaban J connectivity index is 0.000000155. The molecule has 1 aromatic carbocycles. The normalized spacial score (nSPS) is 38.8. The summed E-state index contributed by atoms with van der Waals surface area (Å²) < 4.78 is 0. The number of likely N-dealkylation sites (tertiary alicyclic amines) is 1. The number of nitrogens with one attached hydrogen (secondary N) is 1. The zero-order valence-corrected chi connectivity index (χ0v) is 21.5. The lowest BCUT2D eigenvalue weighted by atomic mass is 9.53. The Labute approximate surface area is 204 Å². The van der Waals surface area contributed by atoms with Gasteiger partial charge >= 0.3 is 0 Å². The SMILES string of the molecule is CCCN1C[C@H](CSC)C[C@@H]2c3cccc4[nH]cc(c34)C[C@H]21.NC12CC3CC(CC(C3)C1)C2. The molecule has 3 N–H and O–H groups in total. The van der Waals surface area contributed by atoms with Gasteiger partial charge in [0.15, 0.2) is 0 Å². The van der Waals surface area contributed by atoms with Gasteiger partial charge in [-0.05, 0) is 117 Å². The van der Waals surface area contributed by atoms with Gasteiger partial charge in [-0.2, -0.15) is 11.8 Å². The fourth-order valence-electron chi connectivity index (χ4n) is 8.98. The first kappa shape index (κ1) is 22.5. The van der Waals surface area contributed by atoms with Gasteiger partial charge in [0.2, 0.25) is 0 Å². The van der Waals surface area contributed by atoms with E-state index in [0.29, 0.717) is 11.6 Å². The number of benzene rings is 1. The van der Waals surface area contributed by atoms with Gasteiger partial charge in [0.1, 0.15) is 0 Å². The predicted octanol–water partition coefficient (Wildman–Crippen LogP) is 6.19. The number of rotatable bonds is 4. The van der Waals surface area contributed by atoms with E-state index in [4.69, 9.17) is 5.73 Å². The van der Waals surface area contributed by atoms with Crippen LogP contribution >= 0.6 is 11.8 Å². The van der Waals surface area contributed by atoms with Gasteiger partial charge in [-0.25, -0.2) is 0 Å². The molecule has 2 heterocycles. The molecule has 4 heteroatoms. The smallest absolute Gasteiger partial charge is 0.0459 e. The van der Waals surface area contributed by atoms with E-state index in [-0.39, 0.29) is 0 Å². The first-order chi connectivity index (χ1) is 16.0. The maximum atomic E-state index is 6.32. The highest BCUT2D eigenvalue weighted by Gasteiger charge is 2.48. The van der Waals surface area contributed by atoms with Crippen LogP contribution in [0, 0.1) is 23.7 Å². The molecule has 180 valence electrons. The highest BCUT2D eigenvalue weighted by Crippen LogP contribution is 2.54. The number of nitrogens with zero attached hydrogens (tertiary/aromatic N) is 1. The minimum atomic E-state index is 0.300. The molecule has 6 aliphatic rings. The molecule has 2 aromatic rings. The van der Waals surface area contributed by atoms with Gasteiger partial charge < -0.3 is 10.7 Å². The second-order valence-electron chi connectivity index (χ2n) is 12.3. The number of aromatic amines is 1. The lowest BCUT2D eigenvalue weighted by Crippen LogP contribution is -2.55. The molecular weight excluding hydrogens is 422 g/mol. The van der Waals surface area contributed by atoms with Crippen molar-refractivity contribution in [2.24, 2.45) is 29.4 Å². The molecule has 0 amide bonds. The van der Waals surface area contributed by atoms with Crippen LogP contribution in [-0.4, -0.2) is 46.6 Å². The molecule has 3 atom stereocenters. The highest BCUT2D eigenvalue weighted by atomic mass is 32.2. The van der Waals surface area contributed by atoms with Crippen molar-refractivity contribution in [3.8, 4) is 0 Å². The number of H-pyrrole nitrogens is 1. The Bertz CT molecular complexity index is 945. The molecule has 0 unspecified atom stereocenters. The summed E-state index contributed by atoms with van der Waals surface area (Å²) in [6.07, 6.45) is 16.9. The van der Waals surface area contributed by atoms with E-state index in [1.165, 1.54) is 93.1 Å². The largest absolute Gasteiger partial charge is 0.361 e. The Morgan fingerprint density at radius 1 is 1.09 bits per heavy atom. The molecule has 4 bridgehead atoms. The molecule has 5 aliphatic carbocycles. The molecule has 0 spiro atoms. The minimum Gasteiger partial charge on any atom is -0.361 e. The second kappa shape index (κ2) is 8.91. The summed E-state index contributed by atoms with van der Waals surface area (Å²) in [6, 6.07) is 7.58. The van der Waals surface area contributed by atoms with Crippen molar-refractivity contribution in [1.82, 2.24) is 9.88 Å². The topological polar surface area (TPSA) is 45.0 Å². The summed E-state index contributed by atoms with van der Waals surface area (Å²) >= 11 is 2.01. The standard InChI is InChI=1S/C19H26N2S.C10H17N/c1-3-7-21-11-13(12-22-2)8-16-15-5-4-6-17-19(15)14(10-20-17)9-18(16)21;11-10-4-7-1-8(5-10)3-9(2-7)6-10/h4-6,10,13,16,18,20H,3,7-9,11-12H2,1-2H3;7-9H,1-6,11H2/t13-,16-,18-;/m1./s1. The second-order valence-corrected chi connectivity index (χ2v) is 13.2. The van der Waals surface area contributed by atoms with Crippen LogP contribution in [0.2, 0.25) is 0 Å². The zero-order valence-electron chi connectivity index (χ0n) is 20.7. The first-order valence-electron chi connectivity index (χ1n) is 13.7. The van der Waals surface area contributed by atoms with Gasteiger partial charge in [0.25, 0.3) is 0 Å². The molecule has 4 saturated carbocycles. The molecule has 8 rings (SSSR count). The van der Waals surface area contributed by atoms with Gasteiger partial charge in [0.05, 0.1) is 0 Å². The fraction of sp³-hybridized carbons (Fsp3) is 0.724. The monoisotopic (exact) mass is 465 g/mol. The lowest BCUT2D eigenvalue weighted by Gasteiger charge is -2.55. The summed E-state index contributed by atoms with van der Waals surface area (Å²) in [5.74, 6) is 5.94. The van der Waals surface area contributed by atoms with Gasteiger partial charge in [-0.1, -0.05) is 19.1 Å². The van der Waals surface area contributed by atoms with Crippen molar-refractivity contribution < 1.29 is 0 Å². The highest BCUT2D eigenvalue weighted by molar-refractivity contribution is 7.98. The summed E-state index contributed by atoms with van der Waals surface area (Å²) in [7, 11) is 0. The molecule has 3 nitrogen and oxygen atoms in total. The third-order valence-electron chi connectivity index (χ3n) is 9.66. The Morgan fingerprint density at radius 2 is 1.82 bits per heavy atom. The van der Waals surface area contributed by atoms with Gasteiger partial charge in [-0.15, -0.1) is 0 Å². The molecule has 5 fully saturated rings. The van der Waals surface area contributed by atoms with Crippen LogP contribution in [0.5, 0.6) is 0 Å². The average molecular weight is 466 g/mol. The third kappa shape index (κ3) is 4.19. The zero-order chi connectivity index (χ0) is 22.6. The number of fused-ring (bicyclic) bond motifs is 2. The van der Waals surface area contributed by atoms with E-state index in [1.807, 2.05) is 11.8 Å². The van der Waals surface area contributed by atoms with Crippen LogP contribution in [0.4, 0.5) is 0 Å². The van der Waals surface area contributed by atoms with Gasteiger partial charge in [-0.3, -0.25) is 4.90 Å². The molecule has 0 radical (unpaired) electrons. The fourth-order valence-corrected chi connectivity index (χ4v) is 9.69. The molecule has 1 saturated heterocycles. The van der Waals surface area contributed by atoms with Crippen LogP contribution in [0.3, 0.4) is 0 Å². The number of thioether (sulfide) groups is 1. The lowest BCUT2D eigenvalue weighted by molar-refractivity contribution is 0.000365. The van der Waals surface area contributed by atoms with Crippen molar-refractivity contribution in [2.75, 3.05) is 25.1 Å². The summed E-state index contributed by atoms with van der Waals surface area (Å²) in [6.45, 7) is 4.87. The van der Waals surface area contributed by atoms with Gasteiger partial charge in [0, 0.05) is 41.1 Å². The Hall–Kier alpha value is -0.970. The van der Waals surface area contributed by atoms with Crippen molar-refractivity contribution in [3.05, 3.63) is 35.5 Å². The quantitative estimate of drug-likeness (QED) is 0.566. The van der Waals surface area contributed by atoms with Crippen molar-refractivity contribution >= 4 is 22.7 Å². The van der Waals surface area contributed by atoms with Crippen LogP contribution in [0.15, 0.2) is 24.4 Å². The maximum Gasteiger partial charge on any atom is 0.0459 e. The number of piperidine rings is 1. The Morgan fingerprint density at radius 3 is 2.45 bits per heavy atom. The third-order valence-corrected chi connectivity index (χ3v) is 10.5. The van der Waals surface area contributed by atoms with E-state index < -0.39 is 0 Å². The predicted molar refractivity (Wildman–Crippen MR) is 142 cm³/mol. The van der Waals surface area contributed by atoms with E-state index in [1.54, 1.807) is 5.56 Å². The number of hydrogen-bond donors (Lipinski definition) is 2. The summed E-state index contributed by atoms with van der Waals surface area (Å²) in [4.78, 5) is 6.29. The summed E-state index contributed by atoms with van der Waals surface area (Å²) in [5.41, 5.74) is 11.1. The van der Waals surface area contributed by atoms with E-state index >= 15 is 0 Å². The average Bonchev–Trinajstić information content (AvgIpc) is 3.18. The van der Waals surface area contributed by atoms with E-state index in [9.17, 15) is 0 Å². The Kier molecular flexibility index (Phi) is 6.08. The molecular formula is C29H43N3S. The number of aromatic nitrogens is 1. The van der Waals surface area contributed by atoms with Crippen LogP contribution in [0.1, 0.15) is 75.3 Å².